The minimum atomic E-state index is -0.279. The summed E-state index contributed by atoms with van der Waals surface area (Å²) in [5.41, 5.74) is 2.35. The molecular weight excluding hydrogens is 386 g/mol. The normalized spacial score (nSPS) is 16.1. The molecule has 1 aromatic rings. The van der Waals surface area contributed by atoms with Gasteiger partial charge in [0.2, 0.25) is 5.91 Å². The van der Waals surface area contributed by atoms with Crippen LogP contribution >= 0.6 is 0 Å². The number of benzene rings is 1. The Labute approximate surface area is 190 Å². The number of aliphatic hydroxyl groups is 1. The fraction of sp³-hybridized carbons (Fsp3) is 0.692. The summed E-state index contributed by atoms with van der Waals surface area (Å²) in [5.74, 6) is 1.39. The minimum absolute atomic E-state index is 0.202. The van der Waals surface area contributed by atoms with Crippen LogP contribution in [-0.2, 0) is 4.79 Å². The van der Waals surface area contributed by atoms with Crippen LogP contribution in [0.25, 0.3) is 0 Å². The predicted octanol–water partition coefficient (Wildman–Crippen LogP) is 4.96. The summed E-state index contributed by atoms with van der Waals surface area (Å²) in [6, 6.07) is 9.17. The first-order chi connectivity index (χ1) is 14.8. The molecule has 1 radical (unpaired) electrons. The molecule has 1 unspecified atom stereocenters. The Bertz CT molecular complexity index is 635. The number of hydrogen-bond donors (Lipinski definition) is 2. The Morgan fingerprint density at radius 1 is 1.10 bits per heavy atom. The van der Waals surface area contributed by atoms with Crippen molar-refractivity contribution in [2.24, 2.45) is 11.8 Å². The van der Waals surface area contributed by atoms with Crippen molar-refractivity contribution in [3.63, 3.8) is 0 Å². The maximum atomic E-state index is 12.5. The van der Waals surface area contributed by atoms with Crippen LogP contribution in [-0.4, -0.2) is 54.2 Å². The number of anilines is 2. The topological polar surface area (TPSA) is 55.8 Å². The van der Waals surface area contributed by atoms with E-state index in [1.54, 1.807) is 0 Å². The molecule has 5 nitrogen and oxygen atoms in total. The van der Waals surface area contributed by atoms with Crippen molar-refractivity contribution >= 4 is 17.3 Å². The number of rotatable bonds is 12. The third kappa shape index (κ3) is 9.10. The highest BCUT2D eigenvalue weighted by molar-refractivity contribution is 5.84. The van der Waals surface area contributed by atoms with Gasteiger partial charge in [-0.3, -0.25) is 4.79 Å². The number of likely N-dealkylation sites (tertiary alicyclic amines) is 1. The summed E-state index contributed by atoms with van der Waals surface area (Å²) in [7, 11) is 0. The van der Waals surface area contributed by atoms with Crippen molar-refractivity contribution in [1.29, 1.82) is 0 Å². The number of piperidine rings is 1. The zero-order valence-electron chi connectivity index (χ0n) is 20.3. The number of nitrogens with one attached hydrogen (secondary N) is 1. The van der Waals surface area contributed by atoms with Gasteiger partial charge in [-0.1, -0.05) is 27.7 Å². The van der Waals surface area contributed by atoms with Crippen molar-refractivity contribution in [2.75, 3.05) is 36.4 Å². The molecule has 2 N–H and O–H groups in total. The Balaban J connectivity index is 1.97. The van der Waals surface area contributed by atoms with Crippen LogP contribution in [0.2, 0.25) is 0 Å². The summed E-state index contributed by atoms with van der Waals surface area (Å²) in [6.07, 6.45) is 6.39. The van der Waals surface area contributed by atoms with Gasteiger partial charge in [-0.25, -0.2) is 0 Å². The minimum Gasteiger partial charge on any atom is -0.393 e. The number of nitrogens with zero attached hydrogens (tertiary/aromatic N) is 2. The monoisotopic (exact) mass is 430 g/mol. The van der Waals surface area contributed by atoms with Gasteiger partial charge in [-0.05, 0) is 75.1 Å². The Kier molecular flexibility index (Phi) is 10.7. The van der Waals surface area contributed by atoms with Gasteiger partial charge in [0.1, 0.15) is 0 Å². The van der Waals surface area contributed by atoms with Crippen LogP contribution < -0.4 is 10.2 Å². The van der Waals surface area contributed by atoms with E-state index in [1.807, 2.05) is 18.2 Å². The highest BCUT2D eigenvalue weighted by Crippen LogP contribution is 2.26. The lowest BCUT2D eigenvalue weighted by molar-refractivity contribution is -0.128. The second kappa shape index (κ2) is 12.9. The summed E-state index contributed by atoms with van der Waals surface area (Å²) in [6.45, 7) is 14.2. The summed E-state index contributed by atoms with van der Waals surface area (Å²) >= 11 is 0. The van der Waals surface area contributed by atoms with Gasteiger partial charge >= 0.3 is 0 Å². The van der Waals surface area contributed by atoms with Crippen molar-refractivity contribution < 1.29 is 9.90 Å². The Hall–Kier alpha value is -1.75. The van der Waals surface area contributed by atoms with Crippen molar-refractivity contribution in [3.8, 4) is 0 Å². The van der Waals surface area contributed by atoms with Crippen LogP contribution in [0.3, 0.4) is 0 Å². The van der Waals surface area contributed by atoms with Crippen LogP contribution in [0.5, 0.6) is 0 Å². The highest BCUT2D eigenvalue weighted by atomic mass is 16.3. The van der Waals surface area contributed by atoms with Gasteiger partial charge in [0, 0.05) is 50.0 Å². The summed E-state index contributed by atoms with van der Waals surface area (Å²) in [4.78, 5) is 17.0. The molecule has 1 saturated heterocycles. The second-order valence-electron chi connectivity index (χ2n) is 9.88. The van der Waals surface area contributed by atoms with E-state index in [2.05, 4.69) is 62.2 Å². The average Bonchev–Trinajstić information content (AvgIpc) is 2.73. The largest absolute Gasteiger partial charge is 0.393 e. The molecule has 5 heteroatoms. The maximum absolute atomic E-state index is 12.5. The van der Waals surface area contributed by atoms with E-state index in [4.69, 9.17) is 0 Å². The molecule has 1 aliphatic heterocycles. The standard InChI is InChI=1S/C26H44N3O2/c1-20(2)6-11-26(31)28-17-14-25(15-18-28)29(19-13-21(3)4)24-9-7-23(8-10-24)27-16-12-22(5)30/h7-11,20-22,25,27,30H,6,12-19H2,1-5H3. The van der Waals surface area contributed by atoms with E-state index < -0.39 is 0 Å². The van der Waals surface area contributed by atoms with Crippen LogP contribution in [0.4, 0.5) is 11.4 Å². The molecule has 1 amide bonds. The molecule has 1 fully saturated rings. The van der Waals surface area contributed by atoms with E-state index in [0.29, 0.717) is 17.9 Å². The van der Waals surface area contributed by atoms with E-state index >= 15 is 0 Å². The third-order valence-electron chi connectivity index (χ3n) is 6.02. The summed E-state index contributed by atoms with van der Waals surface area (Å²) in [5, 5.41) is 12.8. The molecule has 1 heterocycles. The SMILES string of the molecule is CC(C)C[CH]C(=O)N1CCC(N(CCC(C)C)c2ccc(NCCC(C)O)cc2)CC1. The van der Waals surface area contributed by atoms with Gasteiger partial charge in [-0.2, -0.15) is 0 Å². The lowest BCUT2D eigenvalue weighted by Crippen LogP contribution is -2.47. The van der Waals surface area contributed by atoms with Crippen LogP contribution in [0, 0.1) is 18.3 Å². The molecule has 1 aliphatic rings. The fourth-order valence-corrected chi connectivity index (χ4v) is 3.98. The molecular formula is C26H44N3O2. The number of hydrogen-bond acceptors (Lipinski definition) is 4. The van der Waals surface area contributed by atoms with Crippen molar-refractivity contribution in [1.82, 2.24) is 4.90 Å². The molecule has 1 aromatic carbocycles. The van der Waals surface area contributed by atoms with Gasteiger partial charge < -0.3 is 20.2 Å². The zero-order chi connectivity index (χ0) is 22.8. The van der Waals surface area contributed by atoms with Crippen LogP contribution in [0.1, 0.15) is 66.7 Å². The second-order valence-corrected chi connectivity index (χ2v) is 9.88. The molecule has 175 valence electrons. The van der Waals surface area contributed by atoms with E-state index in [0.717, 1.165) is 64.0 Å². The molecule has 1 atom stereocenters. The highest BCUT2D eigenvalue weighted by Gasteiger charge is 2.27. The van der Waals surface area contributed by atoms with E-state index in [1.165, 1.54) is 5.69 Å². The first-order valence-electron chi connectivity index (χ1n) is 12.2. The molecule has 0 spiro atoms. The number of aliphatic hydroxyl groups excluding tert-OH is 1. The van der Waals surface area contributed by atoms with Crippen molar-refractivity contribution in [2.45, 2.75) is 78.9 Å². The zero-order valence-corrected chi connectivity index (χ0v) is 20.3. The Morgan fingerprint density at radius 2 is 1.74 bits per heavy atom. The number of amides is 1. The van der Waals surface area contributed by atoms with Gasteiger partial charge in [0.15, 0.2) is 0 Å². The molecule has 2 rings (SSSR count). The molecule has 0 saturated carbocycles. The Morgan fingerprint density at radius 3 is 2.29 bits per heavy atom. The average molecular weight is 431 g/mol. The van der Waals surface area contributed by atoms with Gasteiger partial charge in [-0.15, -0.1) is 0 Å². The maximum Gasteiger partial charge on any atom is 0.226 e. The molecule has 0 aromatic heterocycles. The lowest BCUT2D eigenvalue weighted by atomic mass is 9.99. The quantitative estimate of drug-likeness (QED) is 0.492. The van der Waals surface area contributed by atoms with Crippen LogP contribution in [0.15, 0.2) is 24.3 Å². The van der Waals surface area contributed by atoms with Gasteiger partial charge in [0.05, 0.1) is 6.10 Å². The molecule has 31 heavy (non-hydrogen) atoms. The van der Waals surface area contributed by atoms with E-state index in [9.17, 15) is 9.90 Å². The smallest absolute Gasteiger partial charge is 0.226 e. The van der Waals surface area contributed by atoms with Crippen molar-refractivity contribution in [3.05, 3.63) is 30.7 Å². The number of carbonyl (C=O) groups excluding carboxylic acids is 1. The molecule has 0 aliphatic carbocycles. The fourth-order valence-electron chi connectivity index (χ4n) is 3.98. The summed E-state index contributed by atoms with van der Waals surface area (Å²) < 4.78 is 0. The lowest BCUT2D eigenvalue weighted by Gasteiger charge is -2.40. The number of carbonyl (C=O) groups is 1. The first kappa shape index (κ1) is 25.5. The predicted molar refractivity (Wildman–Crippen MR) is 131 cm³/mol. The molecule has 0 bridgehead atoms. The first-order valence-corrected chi connectivity index (χ1v) is 12.2. The third-order valence-corrected chi connectivity index (χ3v) is 6.02. The van der Waals surface area contributed by atoms with Gasteiger partial charge in [0.25, 0.3) is 0 Å². The van der Waals surface area contributed by atoms with E-state index in [-0.39, 0.29) is 12.0 Å².